The molecule has 0 fully saturated rings. The fourth-order valence-electron chi connectivity index (χ4n) is 1.87. The van der Waals surface area contributed by atoms with E-state index in [0.29, 0.717) is 11.1 Å². The Morgan fingerprint density at radius 1 is 1.53 bits per heavy atom. The minimum Gasteiger partial charge on any atom is -0.384 e. The van der Waals surface area contributed by atoms with Crippen LogP contribution in [0.15, 0.2) is 18.2 Å². The number of halogens is 1. The van der Waals surface area contributed by atoms with Crippen LogP contribution in [-0.2, 0) is 0 Å². The average molecular weight is 254 g/mol. The van der Waals surface area contributed by atoms with Gasteiger partial charge in [-0.15, -0.1) is 0 Å². The molecule has 3 nitrogen and oxygen atoms in total. The number of nitrogens with zero attached hydrogens (tertiary/aromatic N) is 1. The summed E-state index contributed by atoms with van der Waals surface area (Å²) in [4.78, 5) is 2.13. The van der Waals surface area contributed by atoms with Crippen LogP contribution in [0.2, 0.25) is 5.02 Å². The zero-order chi connectivity index (χ0) is 13.0. The van der Waals surface area contributed by atoms with Crippen LogP contribution < -0.4 is 10.6 Å². The van der Waals surface area contributed by atoms with Crippen molar-refractivity contribution in [3.8, 4) is 0 Å². The second-order valence-corrected chi connectivity index (χ2v) is 4.76. The van der Waals surface area contributed by atoms with E-state index in [4.69, 9.17) is 22.7 Å². The third kappa shape index (κ3) is 3.37. The summed E-state index contributed by atoms with van der Waals surface area (Å²) < 4.78 is 0. The van der Waals surface area contributed by atoms with E-state index in [2.05, 4.69) is 18.7 Å². The molecule has 0 saturated carbocycles. The van der Waals surface area contributed by atoms with Gasteiger partial charge in [0.25, 0.3) is 0 Å². The Labute approximate surface area is 108 Å². The quantitative estimate of drug-likeness (QED) is 0.625. The van der Waals surface area contributed by atoms with Gasteiger partial charge in [0, 0.05) is 29.4 Å². The van der Waals surface area contributed by atoms with Gasteiger partial charge in [0.05, 0.1) is 0 Å². The van der Waals surface area contributed by atoms with Crippen LogP contribution >= 0.6 is 11.6 Å². The highest BCUT2D eigenvalue weighted by Crippen LogP contribution is 2.26. The first-order chi connectivity index (χ1) is 7.97. The maximum atomic E-state index is 7.59. The maximum absolute atomic E-state index is 7.59. The van der Waals surface area contributed by atoms with Crippen molar-refractivity contribution in [1.29, 1.82) is 5.41 Å². The van der Waals surface area contributed by atoms with Crippen molar-refractivity contribution in [2.45, 2.75) is 32.7 Å². The Bertz CT molecular complexity index is 404. The molecule has 1 rings (SSSR count). The number of hydrogen-bond acceptors (Lipinski definition) is 2. The summed E-state index contributed by atoms with van der Waals surface area (Å²) in [6, 6.07) is 5.83. The molecule has 4 heteroatoms. The number of hydrogen-bond donors (Lipinski definition) is 2. The SMILES string of the molecule is CCCC(C)N(C)c1cc(Cl)ccc1C(=N)N. The number of nitrogens with one attached hydrogen (secondary N) is 1. The lowest BCUT2D eigenvalue weighted by Crippen LogP contribution is -2.30. The van der Waals surface area contributed by atoms with Gasteiger partial charge in [-0.25, -0.2) is 0 Å². The smallest absolute Gasteiger partial charge is 0.124 e. The Morgan fingerprint density at radius 3 is 2.71 bits per heavy atom. The van der Waals surface area contributed by atoms with Crippen LogP contribution in [0.4, 0.5) is 5.69 Å². The molecular weight excluding hydrogens is 234 g/mol. The zero-order valence-electron chi connectivity index (χ0n) is 10.6. The van der Waals surface area contributed by atoms with Crippen molar-refractivity contribution in [3.05, 3.63) is 28.8 Å². The van der Waals surface area contributed by atoms with Crippen molar-refractivity contribution in [3.63, 3.8) is 0 Å². The van der Waals surface area contributed by atoms with Crippen LogP contribution in [0.3, 0.4) is 0 Å². The first kappa shape index (κ1) is 13.8. The van der Waals surface area contributed by atoms with Crippen LogP contribution in [0, 0.1) is 5.41 Å². The summed E-state index contributed by atoms with van der Waals surface area (Å²) in [6.45, 7) is 4.32. The molecule has 1 unspecified atom stereocenters. The van der Waals surface area contributed by atoms with Gasteiger partial charge in [-0.3, -0.25) is 5.41 Å². The summed E-state index contributed by atoms with van der Waals surface area (Å²) >= 11 is 6.01. The number of anilines is 1. The monoisotopic (exact) mass is 253 g/mol. The van der Waals surface area contributed by atoms with Gasteiger partial charge in [-0.1, -0.05) is 24.9 Å². The Hall–Kier alpha value is -1.22. The summed E-state index contributed by atoms with van der Waals surface area (Å²) in [5, 5.41) is 8.26. The molecule has 17 heavy (non-hydrogen) atoms. The first-order valence-electron chi connectivity index (χ1n) is 5.84. The molecule has 1 aromatic carbocycles. The van der Waals surface area contributed by atoms with E-state index >= 15 is 0 Å². The molecule has 0 saturated heterocycles. The molecule has 0 amide bonds. The Balaban J connectivity index is 3.10. The van der Waals surface area contributed by atoms with E-state index < -0.39 is 0 Å². The summed E-state index contributed by atoms with van der Waals surface area (Å²) in [5.41, 5.74) is 7.25. The normalized spacial score (nSPS) is 12.2. The van der Waals surface area contributed by atoms with Gasteiger partial charge in [0.15, 0.2) is 0 Å². The lowest BCUT2D eigenvalue weighted by molar-refractivity contribution is 0.616. The molecule has 1 atom stereocenters. The summed E-state index contributed by atoms with van der Waals surface area (Å²) in [6.07, 6.45) is 2.22. The van der Waals surface area contributed by atoms with E-state index in [0.717, 1.165) is 24.1 Å². The van der Waals surface area contributed by atoms with Gasteiger partial charge in [-0.05, 0) is 31.5 Å². The lowest BCUT2D eigenvalue weighted by atomic mass is 10.1. The molecule has 0 bridgehead atoms. The number of nitrogen functional groups attached to an aromatic ring is 1. The third-order valence-electron chi connectivity index (χ3n) is 3.00. The van der Waals surface area contributed by atoms with E-state index in [1.54, 1.807) is 12.1 Å². The molecule has 0 aliphatic rings. The number of nitrogens with two attached hydrogens (primary N) is 1. The fraction of sp³-hybridized carbons (Fsp3) is 0.462. The van der Waals surface area contributed by atoms with Gasteiger partial charge >= 0.3 is 0 Å². The molecule has 0 heterocycles. The predicted octanol–water partition coefficient (Wildman–Crippen LogP) is 3.25. The molecule has 0 spiro atoms. The number of rotatable bonds is 5. The Kier molecular flexibility index (Phi) is 4.82. The maximum Gasteiger partial charge on any atom is 0.124 e. The van der Waals surface area contributed by atoms with E-state index in [1.807, 2.05) is 13.1 Å². The second-order valence-electron chi connectivity index (χ2n) is 4.32. The van der Waals surface area contributed by atoms with Crippen LogP contribution in [0.5, 0.6) is 0 Å². The van der Waals surface area contributed by atoms with Gasteiger partial charge < -0.3 is 10.6 Å². The van der Waals surface area contributed by atoms with Gasteiger partial charge in [0.1, 0.15) is 5.84 Å². The number of benzene rings is 1. The molecule has 94 valence electrons. The molecule has 1 aromatic rings. The highest BCUT2D eigenvalue weighted by molar-refractivity contribution is 6.31. The largest absolute Gasteiger partial charge is 0.384 e. The second kappa shape index (κ2) is 5.92. The summed E-state index contributed by atoms with van der Waals surface area (Å²) in [7, 11) is 2.01. The minimum absolute atomic E-state index is 0.0761. The third-order valence-corrected chi connectivity index (χ3v) is 3.23. The Morgan fingerprint density at radius 2 is 2.18 bits per heavy atom. The molecule has 3 N–H and O–H groups in total. The van der Waals surface area contributed by atoms with E-state index in [1.165, 1.54) is 0 Å². The van der Waals surface area contributed by atoms with Crippen molar-refractivity contribution >= 4 is 23.1 Å². The lowest BCUT2D eigenvalue weighted by Gasteiger charge is -2.28. The predicted molar refractivity (Wildman–Crippen MR) is 75.2 cm³/mol. The summed E-state index contributed by atoms with van der Waals surface area (Å²) in [5.74, 6) is 0.0761. The van der Waals surface area contributed by atoms with E-state index in [9.17, 15) is 0 Å². The highest BCUT2D eigenvalue weighted by atomic mass is 35.5. The van der Waals surface area contributed by atoms with Crippen LogP contribution in [0.1, 0.15) is 32.3 Å². The topological polar surface area (TPSA) is 53.1 Å². The van der Waals surface area contributed by atoms with Crippen molar-refractivity contribution in [1.82, 2.24) is 0 Å². The molecule has 0 radical (unpaired) electrons. The zero-order valence-corrected chi connectivity index (χ0v) is 11.4. The standard InChI is InChI=1S/C13H20ClN3/c1-4-5-9(2)17(3)12-8-10(14)6-7-11(12)13(15)16/h6-9H,4-5H2,1-3H3,(H3,15,16). The molecule has 0 aliphatic carbocycles. The van der Waals surface area contributed by atoms with Crippen LogP contribution in [-0.4, -0.2) is 18.9 Å². The molecular formula is C13H20ClN3. The molecule has 0 aliphatic heterocycles. The fourth-order valence-corrected chi connectivity index (χ4v) is 2.04. The van der Waals surface area contributed by atoms with Crippen molar-refractivity contribution in [2.24, 2.45) is 5.73 Å². The minimum atomic E-state index is 0.0761. The molecule has 0 aromatic heterocycles. The first-order valence-corrected chi connectivity index (χ1v) is 6.22. The number of amidine groups is 1. The van der Waals surface area contributed by atoms with Crippen molar-refractivity contribution < 1.29 is 0 Å². The van der Waals surface area contributed by atoms with Crippen LogP contribution in [0.25, 0.3) is 0 Å². The van der Waals surface area contributed by atoms with Gasteiger partial charge in [0.2, 0.25) is 0 Å². The van der Waals surface area contributed by atoms with E-state index in [-0.39, 0.29) is 5.84 Å². The van der Waals surface area contributed by atoms with Gasteiger partial charge in [-0.2, -0.15) is 0 Å². The average Bonchev–Trinajstić information content (AvgIpc) is 2.27. The highest BCUT2D eigenvalue weighted by Gasteiger charge is 2.14. The van der Waals surface area contributed by atoms with Crippen molar-refractivity contribution in [2.75, 3.05) is 11.9 Å².